The van der Waals surface area contributed by atoms with E-state index in [-0.39, 0.29) is 0 Å². The second-order valence-corrected chi connectivity index (χ2v) is 14.6. The van der Waals surface area contributed by atoms with E-state index in [9.17, 15) is 95.8 Å². The number of amides is 3. The predicted molar refractivity (Wildman–Crippen MR) is 190 cm³/mol. The minimum atomic E-state index is -3.00. The van der Waals surface area contributed by atoms with Crippen molar-refractivity contribution in [1.29, 1.82) is 0 Å². The van der Waals surface area contributed by atoms with Gasteiger partial charge in [0.1, 0.15) is 92.0 Å². The molecule has 3 fully saturated rings. The molecule has 0 unspecified atom stereocenters. The van der Waals surface area contributed by atoms with E-state index in [0.717, 1.165) is 13.8 Å². The van der Waals surface area contributed by atoms with Crippen LogP contribution in [0.4, 0.5) is 0 Å². The van der Waals surface area contributed by atoms with Crippen molar-refractivity contribution < 1.29 is 124 Å². The van der Waals surface area contributed by atoms with E-state index in [0.29, 0.717) is 0 Å². The van der Waals surface area contributed by atoms with Gasteiger partial charge in [-0.05, 0) is 0 Å². The average molecular weight is 896 g/mol. The maximum absolute atomic E-state index is 12.6. The zero-order chi connectivity index (χ0) is 46.1. The lowest BCUT2D eigenvalue weighted by molar-refractivity contribution is -0.363. The summed E-state index contributed by atoms with van der Waals surface area (Å²) >= 11 is 0. The third kappa shape index (κ3) is 12.6. The van der Waals surface area contributed by atoms with Gasteiger partial charge in [-0.15, -0.1) is 0 Å². The molecule has 3 saturated heterocycles. The first kappa shape index (κ1) is 52.4. The van der Waals surface area contributed by atoms with Crippen LogP contribution >= 0.6 is 0 Å². The second-order valence-electron chi connectivity index (χ2n) is 14.6. The van der Waals surface area contributed by atoms with Crippen molar-refractivity contribution in [2.75, 3.05) is 39.6 Å². The molecule has 28 heteroatoms. The van der Waals surface area contributed by atoms with E-state index < -0.39 is 192 Å². The number of hydrogen-bond acceptors (Lipinski definition) is 24. The van der Waals surface area contributed by atoms with Crippen LogP contribution in [0, 0.1) is 0 Å². The van der Waals surface area contributed by atoms with Gasteiger partial charge in [0.2, 0.25) is 17.7 Å². The lowest BCUT2D eigenvalue weighted by Crippen LogP contribution is -2.69. The molecule has 0 bridgehead atoms. The van der Waals surface area contributed by atoms with Crippen LogP contribution < -0.4 is 16.0 Å². The second kappa shape index (κ2) is 23.1. The number of carbonyl (C=O) groups excluding carboxylic acids is 3. The Hall–Kier alpha value is -2.92. The van der Waals surface area contributed by atoms with Crippen molar-refractivity contribution in [3.8, 4) is 0 Å². The van der Waals surface area contributed by atoms with E-state index in [1.165, 1.54) is 0 Å². The largest absolute Gasteiger partial charge is 0.477 e. The van der Waals surface area contributed by atoms with Crippen LogP contribution in [0.25, 0.3) is 0 Å². The maximum atomic E-state index is 12.6. The third-order valence-electron chi connectivity index (χ3n) is 10.1. The van der Waals surface area contributed by atoms with Gasteiger partial charge < -0.3 is 121 Å². The number of carbonyl (C=O) groups is 4. The molecule has 3 amide bonds. The van der Waals surface area contributed by atoms with Crippen molar-refractivity contribution in [1.82, 2.24) is 16.0 Å². The SMILES string of the molecule is CC(=O)N[C@H]1[C@H](O[C@@H]([C@@H](O)[C@H](O)CO)[C@H](CO)NC(C)=O)O[C@H](CO)[C@@H](O[C@@H]2O[C@H](CO[C@]3(C(=O)O)C[C@H](O)[C@@H](NC(=O)CO)[C@H]([C@H](O)[C@H](O)CO)O3)[C@H](O)[C@H](O)[C@H]2O)[C@@H]1O. The standard InChI is InChI=1S/C33H57N3O25/c1-10(42)34-12(4-37)27(21(48)14(45)5-38)59-30-20(35-11(2)43)24(51)28(16(7-40)57-30)60-31-26(53)25(52)23(50)17(58-31)9-56-33(32(54)55)3-13(44)19(36-18(47)8-41)29(61-33)22(49)15(46)6-39/h12-17,19-31,37-41,44-46,48-53H,3-9H2,1-2H3,(H,34,42)(H,35,43)(H,36,47)(H,54,55)/t12-,13-,14+,15+,16+,17+,19+,20+,21-,22+,23-,24+,25-,26+,27+,28+,29+,30-,31-,33+/m0/s1. The van der Waals surface area contributed by atoms with E-state index >= 15 is 0 Å². The number of aliphatic carboxylic acids is 1. The van der Waals surface area contributed by atoms with Gasteiger partial charge in [-0.2, -0.15) is 0 Å². The van der Waals surface area contributed by atoms with Crippen LogP contribution in [0.15, 0.2) is 0 Å². The summed E-state index contributed by atoms with van der Waals surface area (Å²) in [6.45, 7) is -4.32. The molecular weight excluding hydrogens is 838 g/mol. The number of aliphatic hydroxyl groups is 14. The van der Waals surface area contributed by atoms with Crippen LogP contribution in [0.1, 0.15) is 20.3 Å². The average Bonchev–Trinajstić information content (AvgIpc) is 3.22. The molecule has 18 N–H and O–H groups in total. The van der Waals surface area contributed by atoms with Crippen molar-refractivity contribution >= 4 is 23.7 Å². The Bertz CT molecular complexity index is 1440. The molecule has 0 aromatic rings. The van der Waals surface area contributed by atoms with E-state index in [1.54, 1.807) is 0 Å². The molecule has 0 aromatic heterocycles. The summed E-state index contributed by atoms with van der Waals surface area (Å²) in [5, 5.41) is 162. The smallest absolute Gasteiger partial charge is 0.364 e. The monoisotopic (exact) mass is 895 g/mol. The molecule has 28 nitrogen and oxygen atoms in total. The van der Waals surface area contributed by atoms with E-state index in [2.05, 4.69) is 16.0 Å². The normalized spacial score (nSPS) is 37.3. The van der Waals surface area contributed by atoms with Gasteiger partial charge in [-0.25, -0.2) is 4.79 Å². The lowest BCUT2D eigenvalue weighted by atomic mass is 9.88. The summed E-state index contributed by atoms with van der Waals surface area (Å²) in [5.74, 6) is -7.68. The Morgan fingerprint density at radius 1 is 0.754 bits per heavy atom. The van der Waals surface area contributed by atoms with Gasteiger partial charge in [0.15, 0.2) is 12.6 Å². The summed E-state index contributed by atoms with van der Waals surface area (Å²) in [5.41, 5.74) is 0. The molecule has 3 rings (SSSR count). The summed E-state index contributed by atoms with van der Waals surface area (Å²) in [7, 11) is 0. The number of carboxylic acids is 1. The highest BCUT2D eigenvalue weighted by molar-refractivity contribution is 5.78. The third-order valence-corrected chi connectivity index (χ3v) is 10.1. The highest BCUT2D eigenvalue weighted by atomic mass is 16.8. The first-order valence-electron chi connectivity index (χ1n) is 18.8. The Morgan fingerprint density at radius 2 is 1.38 bits per heavy atom. The summed E-state index contributed by atoms with van der Waals surface area (Å²) in [4.78, 5) is 48.7. The number of hydrogen-bond donors (Lipinski definition) is 18. The summed E-state index contributed by atoms with van der Waals surface area (Å²) in [6.07, 6.45) is -33.2. The predicted octanol–water partition coefficient (Wildman–Crippen LogP) is -11.5. The number of rotatable bonds is 21. The Kier molecular flexibility index (Phi) is 19.9. The van der Waals surface area contributed by atoms with Gasteiger partial charge >= 0.3 is 5.97 Å². The molecule has 61 heavy (non-hydrogen) atoms. The molecule has 0 radical (unpaired) electrons. The van der Waals surface area contributed by atoms with Gasteiger partial charge in [0, 0.05) is 20.3 Å². The number of carboxylic acid groups (broad SMARTS) is 1. The summed E-state index contributed by atoms with van der Waals surface area (Å²) < 4.78 is 33.8. The molecule has 3 aliphatic heterocycles. The molecule has 0 saturated carbocycles. The fourth-order valence-corrected chi connectivity index (χ4v) is 6.94. The van der Waals surface area contributed by atoms with Crippen molar-refractivity contribution in [2.45, 2.75) is 142 Å². The molecule has 0 aromatic carbocycles. The Labute approximate surface area is 345 Å². The van der Waals surface area contributed by atoms with Crippen LogP contribution in [0.2, 0.25) is 0 Å². The van der Waals surface area contributed by atoms with Crippen molar-refractivity contribution in [2.24, 2.45) is 0 Å². The zero-order valence-electron chi connectivity index (χ0n) is 32.7. The molecule has 3 aliphatic rings. The first-order valence-corrected chi connectivity index (χ1v) is 18.8. The molecule has 20 atom stereocenters. The molecule has 0 aliphatic carbocycles. The van der Waals surface area contributed by atoms with Crippen LogP contribution in [-0.4, -0.2) is 262 Å². The maximum Gasteiger partial charge on any atom is 0.364 e. The fourth-order valence-electron chi connectivity index (χ4n) is 6.94. The quantitative estimate of drug-likeness (QED) is 0.0509. The van der Waals surface area contributed by atoms with Gasteiger partial charge in [-0.3, -0.25) is 14.4 Å². The minimum absolute atomic E-state index is 0.745. The number of ether oxygens (including phenoxy) is 6. The Balaban J connectivity index is 1.91. The van der Waals surface area contributed by atoms with Crippen LogP contribution in [0.5, 0.6) is 0 Å². The minimum Gasteiger partial charge on any atom is -0.477 e. The van der Waals surface area contributed by atoms with Crippen molar-refractivity contribution in [3.05, 3.63) is 0 Å². The van der Waals surface area contributed by atoms with Gasteiger partial charge in [-0.1, -0.05) is 0 Å². The van der Waals surface area contributed by atoms with Gasteiger partial charge in [0.25, 0.3) is 5.79 Å². The van der Waals surface area contributed by atoms with E-state index in [1.807, 2.05) is 0 Å². The van der Waals surface area contributed by atoms with E-state index in [4.69, 9.17) is 28.4 Å². The zero-order valence-corrected chi connectivity index (χ0v) is 32.7. The number of aliphatic hydroxyl groups excluding tert-OH is 14. The Morgan fingerprint density at radius 3 is 1.90 bits per heavy atom. The first-order chi connectivity index (χ1) is 28.6. The van der Waals surface area contributed by atoms with Crippen LogP contribution in [0.3, 0.4) is 0 Å². The van der Waals surface area contributed by atoms with Gasteiger partial charge in [0.05, 0.1) is 51.2 Å². The molecule has 3 heterocycles. The van der Waals surface area contributed by atoms with Crippen LogP contribution in [-0.2, 0) is 47.6 Å². The number of nitrogens with one attached hydrogen (secondary N) is 3. The highest BCUT2D eigenvalue weighted by Crippen LogP contribution is 2.36. The molecular formula is C33H57N3O25. The van der Waals surface area contributed by atoms with Crippen molar-refractivity contribution in [3.63, 3.8) is 0 Å². The molecule has 354 valence electrons. The lowest BCUT2D eigenvalue weighted by Gasteiger charge is -2.49. The summed E-state index contributed by atoms with van der Waals surface area (Å²) in [6, 6.07) is -4.96. The molecule has 0 spiro atoms. The highest BCUT2D eigenvalue weighted by Gasteiger charge is 2.58. The fraction of sp³-hybridized carbons (Fsp3) is 0.879. The topological polar surface area (TPSA) is 463 Å².